The first kappa shape index (κ1) is 28.9. The van der Waals surface area contributed by atoms with Crippen LogP contribution in [0.3, 0.4) is 0 Å². The highest BCUT2D eigenvalue weighted by Crippen LogP contribution is 2.29. The highest BCUT2D eigenvalue weighted by atomic mass is 32.2. The van der Waals surface area contributed by atoms with E-state index in [9.17, 15) is 14.4 Å². The molecule has 43 heavy (non-hydrogen) atoms. The predicted molar refractivity (Wildman–Crippen MR) is 165 cm³/mol. The lowest BCUT2D eigenvalue weighted by Crippen LogP contribution is -2.11. The number of nitrogens with one attached hydrogen (secondary N) is 4. The smallest absolute Gasteiger partial charge is 0.413 e. The molecule has 0 spiro atoms. The maximum Gasteiger partial charge on any atom is 0.413 e. The molecular weight excluding hydrogens is 568 g/mol. The summed E-state index contributed by atoms with van der Waals surface area (Å²) in [7, 11) is 2.58. The number of benzene rings is 4. The molecule has 0 saturated heterocycles. The van der Waals surface area contributed by atoms with E-state index >= 15 is 0 Å². The molecule has 4 N–H and O–H groups in total. The molecule has 2 amide bonds. The quantitative estimate of drug-likeness (QED) is 0.153. The normalized spacial score (nSPS) is 10.5. The number of amides is 2. The molecule has 0 bridgehead atoms. The Balaban J connectivity index is 0.000000171. The van der Waals surface area contributed by atoms with E-state index in [1.165, 1.54) is 19.1 Å². The van der Waals surface area contributed by atoms with Crippen molar-refractivity contribution in [2.75, 3.05) is 24.9 Å². The van der Waals surface area contributed by atoms with Gasteiger partial charge in [-0.15, -0.1) is 0 Å². The van der Waals surface area contributed by atoms with E-state index in [-0.39, 0.29) is 11.7 Å². The van der Waals surface area contributed by atoms with Gasteiger partial charge in [-0.1, -0.05) is 60.3 Å². The minimum Gasteiger partial charge on any atom is -0.453 e. The number of rotatable bonds is 6. The first-order valence-corrected chi connectivity index (χ1v) is 13.8. The number of carbonyl (C=O) groups excluding carboxylic acids is 3. The number of ketones is 1. The molecule has 2 heterocycles. The topological polar surface area (TPSA) is 151 Å². The van der Waals surface area contributed by atoms with Gasteiger partial charge in [-0.25, -0.2) is 19.6 Å². The van der Waals surface area contributed by atoms with E-state index in [1.807, 2.05) is 54.6 Å². The molecule has 6 rings (SSSR count). The Kier molecular flexibility index (Phi) is 8.98. The van der Waals surface area contributed by atoms with Gasteiger partial charge in [-0.05, 0) is 48.5 Å². The van der Waals surface area contributed by atoms with Crippen LogP contribution in [0.25, 0.3) is 22.1 Å². The molecule has 0 radical (unpaired) electrons. The van der Waals surface area contributed by atoms with E-state index < -0.39 is 12.2 Å². The standard InChI is InChI=1S/C16H13N3O3.C15H13N3O2S/c1-22-16(21)19-15-17-12-8-7-11(9-13(12)18-15)14(20)10-5-3-2-4-6-10;1-20-15(19)18-14-16-12-8-7-11(9-13(12)17-14)21-10-5-3-2-4-6-10/h2-9H,1H3,(H2,17,18,19,21);2-9H,1H3,(H2,16,17,18,19). The molecule has 0 fully saturated rings. The Bertz CT molecular complexity index is 1890. The summed E-state index contributed by atoms with van der Waals surface area (Å²) in [6.07, 6.45) is -1.16. The minimum atomic E-state index is -0.611. The molecule has 12 heteroatoms. The third kappa shape index (κ3) is 7.37. The van der Waals surface area contributed by atoms with Crippen molar-refractivity contribution < 1.29 is 23.9 Å². The number of H-pyrrole nitrogens is 2. The number of hydrogen-bond donors (Lipinski definition) is 4. The van der Waals surface area contributed by atoms with Crippen molar-refractivity contribution in [2.45, 2.75) is 9.79 Å². The Morgan fingerprint density at radius 1 is 0.628 bits per heavy atom. The number of ether oxygens (including phenoxy) is 2. The molecule has 6 aromatic rings. The second-order valence-electron chi connectivity index (χ2n) is 8.93. The van der Waals surface area contributed by atoms with Crippen molar-refractivity contribution in [3.05, 3.63) is 108 Å². The Hall–Kier alpha value is -5.62. The van der Waals surface area contributed by atoms with Gasteiger partial charge in [-0.3, -0.25) is 15.4 Å². The van der Waals surface area contributed by atoms with Crippen LogP contribution in [0.4, 0.5) is 21.5 Å². The second kappa shape index (κ2) is 13.4. The molecule has 216 valence electrons. The summed E-state index contributed by atoms with van der Waals surface area (Å²) in [5.74, 6) is 0.574. The molecule has 4 aromatic carbocycles. The van der Waals surface area contributed by atoms with Gasteiger partial charge in [0.1, 0.15) is 0 Å². The molecular formula is C31H26N6O5S. The summed E-state index contributed by atoms with van der Waals surface area (Å²) in [6, 6.07) is 30.2. The molecule has 0 aliphatic rings. The number of fused-ring (bicyclic) bond motifs is 2. The predicted octanol–water partition coefficient (Wildman–Crippen LogP) is 6.86. The van der Waals surface area contributed by atoms with Gasteiger partial charge in [0.25, 0.3) is 0 Å². The summed E-state index contributed by atoms with van der Waals surface area (Å²) in [5, 5.41) is 4.96. The van der Waals surface area contributed by atoms with E-state index in [1.54, 1.807) is 42.1 Å². The number of aromatic amines is 2. The van der Waals surface area contributed by atoms with Crippen molar-refractivity contribution in [2.24, 2.45) is 0 Å². The Labute approximate surface area is 250 Å². The summed E-state index contributed by atoms with van der Waals surface area (Å²) in [6.45, 7) is 0. The van der Waals surface area contributed by atoms with Crippen LogP contribution < -0.4 is 10.6 Å². The lowest BCUT2D eigenvalue weighted by molar-refractivity contribution is 0.103. The Morgan fingerprint density at radius 3 is 1.74 bits per heavy atom. The fourth-order valence-corrected chi connectivity index (χ4v) is 4.88. The third-order valence-corrected chi connectivity index (χ3v) is 7.02. The summed E-state index contributed by atoms with van der Waals surface area (Å²) in [4.78, 5) is 51.5. The molecule has 2 aromatic heterocycles. The highest BCUT2D eigenvalue weighted by molar-refractivity contribution is 7.99. The van der Waals surface area contributed by atoms with Crippen LogP contribution >= 0.6 is 11.8 Å². The average Bonchev–Trinajstić information content (AvgIpc) is 3.63. The monoisotopic (exact) mass is 594 g/mol. The van der Waals surface area contributed by atoms with Gasteiger partial charge in [-0.2, -0.15) is 0 Å². The largest absolute Gasteiger partial charge is 0.453 e. The molecule has 0 aliphatic carbocycles. The zero-order valence-corrected chi connectivity index (χ0v) is 23.9. The number of carbonyl (C=O) groups is 3. The molecule has 0 saturated carbocycles. The van der Waals surface area contributed by atoms with Crippen LogP contribution in [-0.4, -0.2) is 52.1 Å². The number of imidazole rings is 2. The van der Waals surface area contributed by atoms with E-state index in [4.69, 9.17) is 0 Å². The van der Waals surface area contributed by atoms with Crippen molar-refractivity contribution in [3.8, 4) is 0 Å². The van der Waals surface area contributed by atoms with Crippen LogP contribution in [0.15, 0.2) is 107 Å². The van der Waals surface area contributed by atoms with Gasteiger partial charge in [0.2, 0.25) is 11.9 Å². The first-order chi connectivity index (χ1) is 20.9. The van der Waals surface area contributed by atoms with Crippen molar-refractivity contribution in [3.63, 3.8) is 0 Å². The van der Waals surface area contributed by atoms with Crippen LogP contribution in [0.1, 0.15) is 15.9 Å². The number of hydrogen-bond acceptors (Lipinski definition) is 8. The number of nitrogens with zero attached hydrogens (tertiary/aromatic N) is 2. The zero-order chi connectivity index (χ0) is 30.2. The van der Waals surface area contributed by atoms with Gasteiger partial charge >= 0.3 is 12.2 Å². The number of anilines is 2. The molecule has 0 aliphatic heterocycles. The SMILES string of the molecule is COC(=O)Nc1nc2ccc(C(=O)c3ccccc3)cc2[nH]1.COC(=O)Nc1nc2ccc(Sc3ccccc3)cc2[nH]1. The van der Waals surface area contributed by atoms with E-state index in [2.05, 4.69) is 52.2 Å². The van der Waals surface area contributed by atoms with Crippen LogP contribution in [-0.2, 0) is 9.47 Å². The van der Waals surface area contributed by atoms with E-state index in [0.717, 1.165) is 15.9 Å². The lowest BCUT2D eigenvalue weighted by Gasteiger charge is -2.00. The lowest BCUT2D eigenvalue weighted by atomic mass is 10.0. The summed E-state index contributed by atoms with van der Waals surface area (Å²) < 4.78 is 9.04. The molecule has 11 nitrogen and oxygen atoms in total. The summed E-state index contributed by atoms with van der Waals surface area (Å²) >= 11 is 1.67. The van der Waals surface area contributed by atoms with Gasteiger partial charge in [0, 0.05) is 20.9 Å². The zero-order valence-electron chi connectivity index (χ0n) is 23.1. The fraction of sp³-hybridized carbons (Fsp3) is 0.0645. The highest BCUT2D eigenvalue weighted by Gasteiger charge is 2.12. The average molecular weight is 595 g/mol. The van der Waals surface area contributed by atoms with E-state index in [0.29, 0.717) is 28.1 Å². The fourth-order valence-electron chi connectivity index (χ4n) is 4.00. The number of aromatic nitrogens is 4. The van der Waals surface area contributed by atoms with Crippen molar-refractivity contribution >= 4 is 63.7 Å². The second-order valence-corrected chi connectivity index (χ2v) is 10.1. The Morgan fingerprint density at radius 2 is 1.16 bits per heavy atom. The van der Waals surface area contributed by atoms with Gasteiger partial charge in [0.05, 0.1) is 36.3 Å². The third-order valence-electron chi connectivity index (χ3n) is 6.02. The molecule has 0 atom stereocenters. The van der Waals surface area contributed by atoms with Gasteiger partial charge < -0.3 is 19.4 Å². The minimum absolute atomic E-state index is 0.0698. The van der Waals surface area contributed by atoms with Crippen LogP contribution in [0.2, 0.25) is 0 Å². The maximum atomic E-state index is 12.4. The first-order valence-electron chi connectivity index (χ1n) is 12.9. The summed E-state index contributed by atoms with van der Waals surface area (Å²) in [5.41, 5.74) is 4.13. The number of methoxy groups -OCH3 is 2. The van der Waals surface area contributed by atoms with Gasteiger partial charge in [0.15, 0.2) is 5.78 Å². The molecule has 0 unspecified atom stereocenters. The van der Waals surface area contributed by atoms with Crippen molar-refractivity contribution in [1.29, 1.82) is 0 Å². The van der Waals surface area contributed by atoms with Crippen LogP contribution in [0.5, 0.6) is 0 Å². The van der Waals surface area contributed by atoms with Crippen molar-refractivity contribution in [1.82, 2.24) is 19.9 Å². The van der Waals surface area contributed by atoms with Crippen LogP contribution in [0, 0.1) is 0 Å². The maximum absolute atomic E-state index is 12.4.